The highest BCUT2D eigenvalue weighted by Gasteiger charge is 2.21. The van der Waals surface area contributed by atoms with Crippen LogP contribution in [0.3, 0.4) is 0 Å². The lowest BCUT2D eigenvalue weighted by Gasteiger charge is -2.27. The summed E-state index contributed by atoms with van der Waals surface area (Å²) in [5.74, 6) is 1.31. The van der Waals surface area contributed by atoms with Gasteiger partial charge >= 0.3 is 0 Å². The molecule has 0 amide bonds. The zero-order valence-corrected chi connectivity index (χ0v) is 19.7. The zero-order valence-electron chi connectivity index (χ0n) is 18.8. The monoisotopic (exact) mass is 409 g/mol. The summed E-state index contributed by atoms with van der Waals surface area (Å²) in [5, 5.41) is 0. The predicted molar refractivity (Wildman–Crippen MR) is 130 cm³/mol. The number of halogens is 1. The molecule has 1 aromatic carbocycles. The number of nitrogens with two attached hydrogens (primary N) is 1. The standard InChI is InChI=1S/C26H47N.ClH/c1-3-5-7-9-10-11-13-16-20-24(19-15-12-8-6-4-2)26(23-27)25-21-17-14-18-22-25;/h14,17-18,21-22,24,26H,3-13,15-16,19-20,23,27H2,1-2H3;1H. The van der Waals surface area contributed by atoms with Gasteiger partial charge in [0.2, 0.25) is 0 Å². The summed E-state index contributed by atoms with van der Waals surface area (Å²) in [6.07, 6.45) is 20.9. The van der Waals surface area contributed by atoms with Crippen molar-refractivity contribution < 1.29 is 0 Å². The van der Waals surface area contributed by atoms with Gasteiger partial charge < -0.3 is 5.73 Å². The first-order chi connectivity index (χ1) is 13.3. The Labute approximate surface area is 182 Å². The zero-order chi connectivity index (χ0) is 19.6. The minimum absolute atomic E-state index is 0. The Morgan fingerprint density at radius 2 is 1.07 bits per heavy atom. The van der Waals surface area contributed by atoms with Gasteiger partial charge in [-0.2, -0.15) is 0 Å². The Hall–Kier alpha value is -0.530. The van der Waals surface area contributed by atoms with Crippen LogP contribution >= 0.6 is 12.4 Å². The predicted octanol–water partition coefficient (Wildman–Crippen LogP) is 8.66. The van der Waals surface area contributed by atoms with Crippen LogP contribution in [0, 0.1) is 5.92 Å². The molecule has 0 saturated carbocycles. The molecule has 2 N–H and O–H groups in total. The van der Waals surface area contributed by atoms with E-state index in [0.717, 1.165) is 12.5 Å². The summed E-state index contributed by atoms with van der Waals surface area (Å²) in [4.78, 5) is 0. The second kappa shape index (κ2) is 19.8. The fraction of sp³-hybridized carbons (Fsp3) is 0.769. The van der Waals surface area contributed by atoms with Crippen molar-refractivity contribution in [3.05, 3.63) is 35.9 Å². The van der Waals surface area contributed by atoms with Crippen molar-refractivity contribution in [2.45, 2.75) is 116 Å². The molecule has 0 aliphatic heterocycles. The van der Waals surface area contributed by atoms with Crippen LogP contribution in [0.15, 0.2) is 30.3 Å². The van der Waals surface area contributed by atoms with Crippen LogP contribution < -0.4 is 5.73 Å². The molecule has 0 radical (unpaired) electrons. The normalized spacial score (nSPS) is 13.1. The number of unbranched alkanes of at least 4 members (excludes halogenated alkanes) is 11. The topological polar surface area (TPSA) is 26.0 Å². The first-order valence-electron chi connectivity index (χ1n) is 12.1. The van der Waals surface area contributed by atoms with Crippen molar-refractivity contribution in [1.82, 2.24) is 0 Å². The van der Waals surface area contributed by atoms with Crippen LogP contribution in [0.2, 0.25) is 0 Å². The van der Waals surface area contributed by atoms with E-state index < -0.39 is 0 Å². The Morgan fingerprint density at radius 1 is 0.643 bits per heavy atom. The van der Waals surface area contributed by atoms with Gasteiger partial charge in [0.1, 0.15) is 0 Å². The Balaban J connectivity index is 0.00000729. The van der Waals surface area contributed by atoms with Gasteiger partial charge in [-0.25, -0.2) is 0 Å². The SMILES string of the molecule is CCCCCCCCCCC(CCCCCCC)C(CN)c1ccccc1.Cl. The fourth-order valence-corrected chi connectivity index (χ4v) is 4.40. The Kier molecular flexibility index (Phi) is 19.4. The number of hydrogen-bond acceptors (Lipinski definition) is 1. The Morgan fingerprint density at radius 3 is 1.50 bits per heavy atom. The van der Waals surface area contributed by atoms with Gasteiger partial charge in [-0.15, -0.1) is 12.4 Å². The molecule has 0 heterocycles. The summed E-state index contributed by atoms with van der Waals surface area (Å²) < 4.78 is 0. The molecule has 164 valence electrons. The summed E-state index contributed by atoms with van der Waals surface area (Å²) in [6, 6.07) is 11.0. The molecule has 0 bridgehead atoms. The summed E-state index contributed by atoms with van der Waals surface area (Å²) in [7, 11) is 0. The first kappa shape index (κ1) is 27.5. The maximum absolute atomic E-state index is 6.26. The quantitative estimate of drug-likeness (QED) is 0.241. The van der Waals surface area contributed by atoms with E-state index in [-0.39, 0.29) is 12.4 Å². The van der Waals surface area contributed by atoms with Crippen LogP contribution in [-0.2, 0) is 0 Å². The molecule has 1 nitrogen and oxygen atoms in total. The summed E-state index contributed by atoms with van der Waals surface area (Å²) >= 11 is 0. The van der Waals surface area contributed by atoms with Gasteiger partial charge in [-0.3, -0.25) is 0 Å². The highest BCUT2D eigenvalue weighted by Crippen LogP contribution is 2.32. The van der Waals surface area contributed by atoms with Crippen molar-refractivity contribution in [1.29, 1.82) is 0 Å². The number of hydrogen-bond donors (Lipinski definition) is 1. The van der Waals surface area contributed by atoms with Crippen molar-refractivity contribution in [3.63, 3.8) is 0 Å². The van der Waals surface area contributed by atoms with E-state index >= 15 is 0 Å². The van der Waals surface area contributed by atoms with E-state index in [4.69, 9.17) is 5.73 Å². The lowest BCUT2D eigenvalue weighted by Crippen LogP contribution is -2.22. The minimum atomic E-state index is 0. The molecule has 28 heavy (non-hydrogen) atoms. The van der Waals surface area contributed by atoms with Gasteiger partial charge in [0.05, 0.1) is 0 Å². The van der Waals surface area contributed by atoms with Crippen LogP contribution in [0.4, 0.5) is 0 Å². The van der Waals surface area contributed by atoms with Crippen LogP contribution in [0.25, 0.3) is 0 Å². The van der Waals surface area contributed by atoms with E-state index in [2.05, 4.69) is 44.2 Å². The number of benzene rings is 1. The maximum Gasteiger partial charge on any atom is -0.000556 e. The van der Waals surface area contributed by atoms with Crippen molar-refractivity contribution in [2.24, 2.45) is 11.7 Å². The van der Waals surface area contributed by atoms with Crippen molar-refractivity contribution in [3.8, 4) is 0 Å². The summed E-state index contributed by atoms with van der Waals surface area (Å²) in [6.45, 7) is 5.38. The third-order valence-electron chi connectivity index (χ3n) is 6.16. The van der Waals surface area contributed by atoms with Gasteiger partial charge in [0.25, 0.3) is 0 Å². The third kappa shape index (κ3) is 12.8. The average molecular weight is 410 g/mol. The lowest BCUT2D eigenvalue weighted by atomic mass is 9.79. The third-order valence-corrected chi connectivity index (χ3v) is 6.16. The second-order valence-electron chi connectivity index (χ2n) is 8.48. The largest absolute Gasteiger partial charge is 0.330 e. The van der Waals surface area contributed by atoms with Gasteiger partial charge in [0.15, 0.2) is 0 Å². The average Bonchev–Trinajstić information content (AvgIpc) is 2.70. The van der Waals surface area contributed by atoms with Crippen molar-refractivity contribution >= 4 is 12.4 Å². The molecule has 2 atom stereocenters. The van der Waals surface area contributed by atoms with E-state index in [1.165, 1.54) is 102 Å². The molecular weight excluding hydrogens is 362 g/mol. The highest BCUT2D eigenvalue weighted by atomic mass is 35.5. The van der Waals surface area contributed by atoms with Crippen LogP contribution in [0.1, 0.15) is 122 Å². The van der Waals surface area contributed by atoms with Crippen LogP contribution in [0.5, 0.6) is 0 Å². The van der Waals surface area contributed by atoms with Gasteiger partial charge in [0, 0.05) is 0 Å². The minimum Gasteiger partial charge on any atom is -0.330 e. The summed E-state index contributed by atoms with van der Waals surface area (Å²) in [5.41, 5.74) is 7.71. The molecule has 0 aliphatic carbocycles. The molecule has 0 fully saturated rings. The fourth-order valence-electron chi connectivity index (χ4n) is 4.40. The van der Waals surface area contributed by atoms with E-state index in [1.807, 2.05) is 0 Å². The molecule has 0 saturated heterocycles. The highest BCUT2D eigenvalue weighted by molar-refractivity contribution is 5.85. The van der Waals surface area contributed by atoms with E-state index in [0.29, 0.717) is 5.92 Å². The lowest BCUT2D eigenvalue weighted by molar-refractivity contribution is 0.344. The molecule has 0 spiro atoms. The molecule has 1 aromatic rings. The Bertz CT molecular complexity index is 420. The molecular formula is C26H48ClN. The van der Waals surface area contributed by atoms with Crippen molar-refractivity contribution in [2.75, 3.05) is 6.54 Å². The van der Waals surface area contributed by atoms with Crippen LogP contribution in [-0.4, -0.2) is 6.54 Å². The number of rotatable bonds is 18. The van der Waals surface area contributed by atoms with E-state index in [1.54, 1.807) is 0 Å². The molecule has 0 aromatic heterocycles. The molecule has 2 heteroatoms. The second-order valence-corrected chi connectivity index (χ2v) is 8.48. The first-order valence-corrected chi connectivity index (χ1v) is 12.1. The van der Waals surface area contributed by atoms with E-state index in [9.17, 15) is 0 Å². The molecule has 0 aliphatic rings. The van der Waals surface area contributed by atoms with Gasteiger partial charge in [-0.1, -0.05) is 128 Å². The van der Waals surface area contributed by atoms with Gasteiger partial charge in [-0.05, 0) is 36.8 Å². The maximum atomic E-state index is 6.26. The molecule has 1 rings (SSSR count). The smallest absolute Gasteiger partial charge is 0.000556 e. The molecule has 2 unspecified atom stereocenters.